The Morgan fingerprint density at radius 1 is 1.18 bits per heavy atom. The van der Waals surface area contributed by atoms with Gasteiger partial charge in [-0.1, -0.05) is 66.5 Å². The van der Waals surface area contributed by atoms with Gasteiger partial charge in [0.15, 0.2) is 0 Å². The monoisotopic (exact) mass is 531 g/mol. The Morgan fingerprint density at radius 2 is 1.95 bits per heavy atom. The molecule has 39 heavy (non-hydrogen) atoms. The molecule has 7 heteroatoms. The van der Waals surface area contributed by atoms with E-state index in [9.17, 15) is 15.0 Å². The lowest BCUT2D eigenvalue weighted by Gasteiger charge is -2.27. The van der Waals surface area contributed by atoms with Gasteiger partial charge in [0.05, 0.1) is 25.8 Å². The number of aliphatic hydroxyl groups excluding tert-OH is 2. The van der Waals surface area contributed by atoms with Crippen molar-refractivity contribution in [3.63, 3.8) is 0 Å². The van der Waals surface area contributed by atoms with E-state index in [4.69, 9.17) is 4.84 Å². The number of nitrogens with one attached hydrogen (secondary N) is 1. The molecule has 1 aliphatic carbocycles. The number of benzene rings is 2. The zero-order chi connectivity index (χ0) is 27.6. The van der Waals surface area contributed by atoms with Crippen LogP contribution in [0, 0.1) is 23.7 Å². The first-order valence-electron chi connectivity index (χ1n) is 13.9. The maximum Gasteiger partial charge on any atom is 0.240 e. The van der Waals surface area contributed by atoms with Crippen LogP contribution in [0.3, 0.4) is 0 Å². The van der Waals surface area contributed by atoms with Crippen LogP contribution in [0.15, 0.2) is 66.7 Å². The fraction of sp³-hybridized carbons (Fsp3) is 0.469. The summed E-state index contributed by atoms with van der Waals surface area (Å²) in [5, 5.41) is 25.1. The van der Waals surface area contributed by atoms with Crippen molar-refractivity contribution >= 4 is 5.91 Å². The van der Waals surface area contributed by atoms with Crippen molar-refractivity contribution in [2.45, 2.75) is 57.5 Å². The molecule has 0 aromatic heterocycles. The van der Waals surface area contributed by atoms with E-state index in [1.165, 1.54) is 5.56 Å². The van der Waals surface area contributed by atoms with Gasteiger partial charge in [-0.15, -0.1) is 0 Å². The first kappa shape index (κ1) is 29.0. The molecule has 208 valence electrons. The highest BCUT2D eigenvalue weighted by Gasteiger charge is 2.49. The highest BCUT2D eigenvalue weighted by atomic mass is 16.7. The van der Waals surface area contributed by atoms with E-state index in [0.717, 1.165) is 36.9 Å². The average molecular weight is 532 g/mol. The Hall–Kier alpha value is -2.99. The zero-order valence-corrected chi connectivity index (χ0v) is 23.0. The van der Waals surface area contributed by atoms with Crippen LogP contribution in [0.2, 0.25) is 0 Å². The van der Waals surface area contributed by atoms with Crippen molar-refractivity contribution in [3.05, 3.63) is 83.4 Å². The Bertz CT molecular complexity index is 1140. The van der Waals surface area contributed by atoms with Gasteiger partial charge >= 0.3 is 0 Å². The number of carbonyl (C=O) groups excluding carboxylic acids is 1. The molecular formula is C32H41N3O4. The van der Waals surface area contributed by atoms with E-state index in [0.29, 0.717) is 25.6 Å². The van der Waals surface area contributed by atoms with E-state index in [2.05, 4.69) is 53.4 Å². The van der Waals surface area contributed by atoms with Crippen molar-refractivity contribution < 1.29 is 19.8 Å². The first-order valence-corrected chi connectivity index (χ1v) is 13.9. The number of rotatable bonds is 10. The zero-order valence-electron chi connectivity index (χ0n) is 23.0. The van der Waals surface area contributed by atoms with Crippen molar-refractivity contribution in [2.24, 2.45) is 11.8 Å². The molecule has 5 atom stereocenters. The lowest BCUT2D eigenvalue weighted by atomic mass is 9.89. The van der Waals surface area contributed by atoms with Gasteiger partial charge in [-0.05, 0) is 62.4 Å². The van der Waals surface area contributed by atoms with E-state index >= 15 is 0 Å². The molecule has 2 aromatic rings. The molecule has 0 spiro atoms. The fourth-order valence-corrected chi connectivity index (χ4v) is 5.37. The largest absolute Gasteiger partial charge is 0.394 e. The summed E-state index contributed by atoms with van der Waals surface area (Å²) in [6.45, 7) is 3.80. The van der Waals surface area contributed by atoms with Crippen molar-refractivity contribution in [1.82, 2.24) is 15.3 Å². The second kappa shape index (κ2) is 14.4. The average Bonchev–Trinajstić information content (AvgIpc) is 3.32. The molecule has 0 bridgehead atoms. The van der Waals surface area contributed by atoms with Gasteiger partial charge in [0, 0.05) is 24.6 Å². The van der Waals surface area contributed by atoms with Crippen molar-refractivity contribution in [2.75, 3.05) is 26.7 Å². The van der Waals surface area contributed by atoms with Gasteiger partial charge in [-0.25, -0.2) is 0 Å². The van der Waals surface area contributed by atoms with Gasteiger partial charge in [0.25, 0.3) is 0 Å². The molecule has 1 fully saturated rings. The molecule has 2 aromatic carbocycles. The Morgan fingerprint density at radius 3 is 2.62 bits per heavy atom. The first-order chi connectivity index (χ1) is 18.9. The molecule has 3 N–H and O–H groups in total. The highest BCUT2D eigenvalue weighted by molar-refractivity contribution is 5.82. The number of hydrogen-bond donors (Lipinski definition) is 3. The van der Waals surface area contributed by atoms with E-state index < -0.39 is 24.2 Å². The maximum absolute atomic E-state index is 13.3. The summed E-state index contributed by atoms with van der Waals surface area (Å²) >= 11 is 0. The van der Waals surface area contributed by atoms with Gasteiger partial charge < -0.3 is 15.5 Å². The van der Waals surface area contributed by atoms with Crippen LogP contribution < -0.4 is 5.32 Å². The summed E-state index contributed by atoms with van der Waals surface area (Å²) in [7, 11) is 2.05. The minimum Gasteiger partial charge on any atom is -0.394 e. The quantitative estimate of drug-likeness (QED) is 0.323. The summed E-state index contributed by atoms with van der Waals surface area (Å²) in [5.74, 6) is 6.07. The fourth-order valence-electron chi connectivity index (χ4n) is 5.37. The van der Waals surface area contributed by atoms with Crippen LogP contribution in [0.25, 0.3) is 0 Å². The van der Waals surface area contributed by atoms with Gasteiger partial charge in [0.1, 0.15) is 12.1 Å². The lowest BCUT2D eigenvalue weighted by molar-refractivity contribution is -0.181. The number of carbonyl (C=O) groups is 1. The minimum atomic E-state index is -0.810. The number of nitrogens with zero attached hydrogens (tertiary/aromatic N) is 2. The molecule has 1 unspecified atom stereocenters. The summed E-state index contributed by atoms with van der Waals surface area (Å²) in [6, 6.07) is 17.5. The van der Waals surface area contributed by atoms with Crippen LogP contribution in [0.5, 0.6) is 0 Å². The lowest BCUT2D eigenvalue weighted by Crippen LogP contribution is -2.49. The molecule has 1 aliphatic heterocycles. The maximum atomic E-state index is 13.3. The number of amides is 1. The molecule has 0 saturated carbocycles. The molecule has 1 saturated heterocycles. The summed E-state index contributed by atoms with van der Waals surface area (Å²) in [6.07, 6.45) is 6.16. The molecular weight excluding hydrogens is 490 g/mol. The van der Waals surface area contributed by atoms with Gasteiger partial charge in [0.2, 0.25) is 5.91 Å². The Kier molecular flexibility index (Phi) is 10.7. The number of hydroxylamine groups is 2. The van der Waals surface area contributed by atoms with Crippen molar-refractivity contribution in [1.29, 1.82) is 0 Å². The Labute approximate surface area is 232 Å². The summed E-state index contributed by atoms with van der Waals surface area (Å²) < 4.78 is 0. The molecule has 7 nitrogen and oxygen atoms in total. The van der Waals surface area contributed by atoms with Crippen LogP contribution in [0.1, 0.15) is 42.9 Å². The number of hydrogen-bond acceptors (Lipinski definition) is 6. The molecule has 0 radical (unpaired) electrons. The second-order valence-electron chi connectivity index (χ2n) is 10.7. The van der Waals surface area contributed by atoms with Crippen LogP contribution in [0.4, 0.5) is 0 Å². The third kappa shape index (κ3) is 8.25. The van der Waals surface area contributed by atoms with E-state index in [1.54, 1.807) is 12.0 Å². The number of allylic oxidation sites excluding steroid dienone is 1. The van der Waals surface area contributed by atoms with Crippen LogP contribution in [-0.2, 0) is 22.7 Å². The molecule has 4 rings (SSSR count). The van der Waals surface area contributed by atoms with Crippen LogP contribution in [-0.4, -0.2) is 71.1 Å². The second-order valence-corrected chi connectivity index (χ2v) is 10.7. The smallest absolute Gasteiger partial charge is 0.240 e. The minimum absolute atomic E-state index is 0.182. The van der Waals surface area contributed by atoms with Gasteiger partial charge in [-0.2, -0.15) is 5.06 Å². The third-order valence-electron chi connectivity index (χ3n) is 7.44. The predicted octanol–water partition coefficient (Wildman–Crippen LogP) is 3.12. The normalized spacial score (nSPS) is 23.8. The number of aliphatic hydroxyl groups is 2. The standard InChI is InChI=1S/C32H41N3O4/c1-24(37)30-29(23-36)39-35(31(30)32(38)33-20-26-10-5-3-6-11-26)22-28-17-15-25(16-18-28)14-9-19-34(2)21-27-12-7-4-8-13-27/h4-5,7-8,10,12-13,15-18,24,26,29-31,36-37H,3,6,11,19-23H2,1-2H3,(H,33,38)/t24-,26?,29-,30+,31-/m0/s1. The third-order valence-corrected chi connectivity index (χ3v) is 7.44. The van der Waals surface area contributed by atoms with E-state index in [-0.39, 0.29) is 12.5 Å². The molecule has 1 amide bonds. The van der Waals surface area contributed by atoms with E-state index in [1.807, 2.05) is 42.5 Å². The van der Waals surface area contributed by atoms with Gasteiger partial charge in [-0.3, -0.25) is 14.5 Å². The highest BCUT2D eigenvalue weighted by Crippen LogP contribution is 2.32. The molecule has 2 aliphatic rings. The predicted molar refractivity (Wildman–Crippen MR) is 152 cm³/mol. The SMILES string of the molecule is C[C@H](O)[C@@H]1[C@H](CO)ON(Cc2ccc(C#CCN(C)Cc3ccccc3)cc2)[C@@H]1C(=O)NCC1C=CCCC1. The topological polar surface area (TPSA) is 85.3 Å². The summed E-state index contributed by atoms with van der Waals surface area (Å²) in [4.78, 5) is 21.5. The summed E-state index contributed by atoms with van der Waals surface area (Å²) in [5.41, 5.74) is 3.13. The molecule has 1 heterocycles. The Balaban J connectivity index is 1.37. The van der Waals surface area contributed by atoms with Crippen LogP contribution >= 0.6 is 0 Å². The van der Waals surface area contributed by atoms with Crippen molar-refractivity contribution in [3.8, 4) is 11.8 Å².